The lowest BCUT2D eigenvalue weighted by atomic mass is 10.1. The summed E-state index contributed by atoms with van der Waals surface area (Å²) in [6, 6.07) is 8.09. The fraction of sp³-hybridized carbons (Fsp3) is 0.500. The van der Waals surface area contributed by atoms with E-state index in [0.717, 1.165) is 25.4 Å². The first-order valence-corrected chi connectivity index (χ1v) is 5.27. The predicted octanol–water partition coefficient (Wildman–Crippen LogP) is 1.80. The van der Waals surface area contributed by atoms with E-state index < -0.39 is 5.97 Å². The van der Waals surface area contributed by atoms with Gasteiger partial charge in [0.15, 0.2) is 0 Å². The molecule has 2 bridgehead atoms. The summed E-state index contributed by atoms with van der Waals surface area (Å²) in [6.07, 6.45) is 0. The molecule has 1 aromatic carbocycles. The number of benzene rings is 1. The predicted molar refractivity (Wildman–Crippen MR) is 54.2 cm³/mol. The van der Waals surface area contributed by atoms with Gasteiger partial charge in [0.05, 0.1) is 19.8 Å². The van der Waals surface area contributed by atoms with Crippen molar-refractivity contribution < 1.29 is 14.2 Å². The Balaban J connectivity index is 1.94. The van der Waals surface area contributed by atoms with Crippen LogP contribution < -0.4 is 0 Å². The van der Waals surface area contributed by atoms with Crippen molar-refractivity contribution in [1.82, 2.24) is 0 Å². The Hall–Kier alpha value is -0.900. The van der Waals surface area contributed by atoms with Crippen molar-refractivity contribution in [3.63, 3.8) is 0 Å². The van der Waals surface area contributed by atoms with Gasteiger partial charge in [-0.15, -0.1) is 0 Å². The summed E-state index contributed by atoms with van der Waals surface area (Å²) < 4.78 is 16.9. The Morgan fingerprint density at radius 3 is 2.07 bits per heavy atom. The molecule has 0 aromatic heterocycles. The van der Waals surface area contributed by atoms with Gasteiger partial charge in [-0.2, -0.15) is 0 Å². The van der Waals surface area contributed by atoms with Crippen LogP contribution in [0.2, 0.25) is 0 Å². The first-order chi connectivity index (χ1) is 7.28. The lowest BCUT2D eigenvalue weighted by Crippen LogP contribution is -2.51. The number of hydrogen-bond acceptors (Lipinski definition) is 3. The van der Waals surface area contributed by atoms with Gasteiger partial charge in [0.1, 0.15) is 0 Å². The maximum absolute atomic E-state index is 5.65. The fourth-order valence-corrected chi connectivity index (χ4v) is 1.96. The molecule has 15 heavy (non-hydrogen) atoms. The van der Waals surface area contributed by atoms with Crippen molar-refractivity contribution in [1.29, 1.82) is 0 Å². The number of ether oxygens (including phenoxy) is 3. The average molecular weight is 206 g/mol. The summed E-state index contributed by atoms with van der Waals surface area (Å²) in [6.45, 7) is 4.25. The van der Waals surface area contributed by atoms with Crippen molar-refractivity contribution >= 4 is 0 Å². The van der Waals surface area contributed by atoms with Crippen LogP contribution in [0.15, 0.2) is 24.3 Å². The third-order valence-electron chi connectivity index (χ3n) is 2.93. The molecule has 0 unspecified atom stereocenters. The van der Waals surface area contributed by atoms with Gasteiger partial charge in [-0.3, -0.25) is 0 Å². The van der Waals surface area contributed by atoms with Crippen LogP contribution >= 0.6 is 0 Å². The van der Waals surface area contributed by atoms with E-state index in [0.29, 0.717) is 5.92 Å². The minimum Gasteiger partial charge on any atom is -0.323 e. The van der Waals surface area contributed by atoms with Gasteiger partial charge in [-0.1, -0.05) is 29.8 Å². The molecule has 0 atom stereocenters. The molecule has 80 valence electrons. The molecule has 3 saturated heterocycles. The first kappa shape index (κ1) is 9.33. The molecular formula is C12H14O3. The van der Waals surface area contributed by atoms with E-state index in [1.807, 2.05) is 24.3 Å². The van der Waals surface area contributed by atoms with Crippen LogP contribution in [0, 0.1) is 12.8 Å². The second-order valence-corrected chi connectivity index (χ2v) is 4.22. The second kappa shape index (κ2) is 3.30. The monoisotopic (exact) mass is 206 g/mol. The lowest BCUT2D eigenvalue weighted by molar-refractivity contribution is -0.460. The number of rotatable bonds is 1. The van der Waals surface area contributed by atoms with Crippen molar-refractivity contribution in [3.05, 3.63) is 35.4 Å². The van der Waals surface area contributed by atoms with E-state index in [4.69, 9.17) is 14.2 Å². The molecule has 0 spiro atoms. The highest BCUT2D eigenvalue weighted by Crippen LogP contribution is 2.38. The maximum Gasteiger partial charge on any atom is 0.312 e. The maximum atomic E-state index is 5.65. The Kier molecular flexibility index (Phi) is 2.06. The molecule has 0 N–H and O–H groups in total. The summed E-state index contributed by atoms with van der Waals surface area (Å²) in [7, 11) is 0. The Labute approximate surface area is 89.0 Å². The molecule has 0 amide bonds. The van der Waals surface area contributed by atoms with Crippen LogP contribution in [0.5, 0.6) is 0 Å². The quantitative estimate of drug-likeness (QED) is 0.701. The fourth-order valence-electron chi connectivity index (χ4n) is 1.96. The smallest absolute Gasteiger partial charge is 0.312 e. The molecule has 0 radical (unpaired) electrons. The topological polar surface area (TPSA) is 27.7 Å². The second-order valence-electron chi connectivity index (χ2n) is 4.22. The van der Waals surface area contributed by atoms with Crippen molar-refractivity contribution in [3.8, 4) is 0 Å². The SMILES string of the molecule is Cc1ccc(C23OCC(CO2)CO3)cc1. The van der Waals surface area contributed by atoms with Crippen molar-refractivity contribution in [2.24, 2.45) is 5.92 Å². The number of fused-ring (bicyclic) bond motifs is 3. The minimum absolute atomic E-state index is 0.400. The Morgan fingerprint density at radius 1 is 1.00 bits per heavy atom. The van der Waals surface area contributed by atoms with Crippen LogP contribution in [-0.2, 0) is 20.2 Å². The molecule has 3 heterocycles. The summed E-state index contributed by atoms with van der Waals surface area (Å²) in [5.74, 6) is -0.528. The van der Waals surface area contributed by atoms with Crippen LogP contribution in [0.3, 0.4) is 0 Å². The standard InChI is InChI=1S/C12H14O3/c1-9-2-4-11(5-3-9)12-13-6-10(7-14-12)8-15-12/h2-5,10H,6-8H2,1H3. The first-order valence-electron chi connectivity index (χ1n) is 5.27. The molecule has 0 aliphatic carbocycles. The molecule has 0 saturated carbocycles. The zero-order chi connectivity index (χ0) is 10.3. The van der Waals surface area contributed by atoms with E-state index in [1.54, 1.807) is 0 Å². The van der Waals surface area contributed by atoms with Crippen LogP contribution in [0.4, 0.5) is 0 Å². The van der Waals surface area contributed by atoms with Gasteiger partial charge in [0.25, 0.3) is 0 Å². The van der Waals surface area contributed by atoms with Crippen molar-refractivity contribution in [2.45, 2.75) is 12.9 Å². The summed E-state index contributed by atoms with van der Waals surface area (Å²) in [5.41, 5.74) is 2.17. The van der Waals surface area contributed by atoms with Crippen molar-refractivity contribution in [2.75, 3.05) is 19.8 Å². The van der Waals surface area contributed by atoms with Gasteiger partial charge in [0.2, 0.25) is 0 Å². The highest BCUT2D eigenvalue weighted by molar-refractivity contribution is 5.24. The lowest BCUT2D eigenvalue weighted by Gasteiger charge is -2.45. The zero-order valence-corrected chi connectivity index (χ0v) is 8.73. The third kappa shape index (κ3) is 1.47. The Bertz CT molecular complexity index is 336. The summed E-state index contributed by atoms with van der Waals surface area (Å²) in [4.78, 5) is 0. The molecule has 3 heteroatoms. The van der Waals surface area contributed by atoms with Crippen LogP contribution in [0.1, 0.15) is 11.1 Å². The zero-order valence-electron chi connectivity index (χ0n) is 8.73. The van der Waals surface area contributed by atoms with Crippen LogP contribution in [-0.4, -0.2) is 19.8 Å². The van der Waals surface area contributed by atoms with Gasteiger partial charge >= 0.3 is 5.97 Å². The van der Waals surface area contributed by atoms with Gasteiger partial charge in [0, 0.05) is 11.5 Å². The summed E-state index contributed by atoms with van der Waals surface area (Å²) in [5, 5.41) is 0. The third-order valence-corrected chi connectivity index (χ3v) is 2.93. The largest absolute Gasteiger partial charge is 0.323 e. The van der Waals surface area contributed by atoms with Gasteiger partial charge in [-0.25, -0.2) is 0 Å². The molecule has 3 aliphatic rings. The van der Waals surface area contributed by atoms with E-state index in [-0.39, 0.29) is 0 Å². The van der Waals surface area contributed by atoms with E-state index in [9.17, 15) is 0 Å². The molecule has 3 nitrogen and oxygen atoms in total. The molecule has 1 aromatic rings. The number of aryl methyl sites for hydroxylation is 1. The highest BCUT2D eigenvalue weighted by atomic mass is 16.9. The molecule has 4 rings (SSSR count). The van der Waals surface area contributed by atoms with Gasteiger partial charge < -0.3 is 14.2 Å². The number of hydrogen-bond donors (Lipinski definition) is 0. The average Bonchev–Trinajstić information content (AvgIpc) is 2.32. The molecular weight excluding hydrogens is 192 g/mol. The van der Waals surface area contributed by atoms with E-state index in [2.05, 4.69) is 6.92 Å². The van der Waals surface area contributed by atoms with E-state index >= 15 is 0 Å². The molecule has 3 aliphatic heterocycles. The highest BCUT2D eigenvalue weighted by Gasteiger charge is 2.46. The molecule has 3 fully saturated rings. The van der Waals surface area contributed by atoms with Gasteiger partial charge in [-0.05, 0) is 6.92 Å². The van der Waals surface area contributed by atoms with E-state index in [1.165, 1.54) is 5.56 Å². The summed E-state index contributed by atoms with van der Waals surface area (Å²) >= 11 is 0. The normalized spacial score (nSPS) is 34.3. The minimum atomic E-state index is -0.928. The Morgan fingerprint density at radius 2 is 1.53 bits per heavy atom. The van der Waals surface area contributed by atoms with Crippen LogP contribution in [0.25, 0.3) is 0 Å².